The number of aryl methyl sites for hydroxylation is 1. The number of rotatable bonds is 10. The van der Waals surface area contributed by atoms with Crippen LogP contribution in [0.3, 0.4) is 0 Å². The van der Waals surface area contributed by atoms with Crippen LogP contribution >= 0.6 is 0 Å². The molecular weight excluding hydrogens is 372 g/mol. The smallest absolute Gasteiger partial charge is 0.0569 e. The van der Waals surface area contributed by atoms with Gasteiger partial charge in [0.05, 0.1) is 12.3 Å². The zero-order valence-corrected chi connectivity index (χ0v) is 18.2. The summed E-state index contributed by atoms with van der Waals surface area (Å²) in [6.45, 7) is 6.96. The molecule has 0 saturated carbocycles. The third-order valence-electron chi connectivity index (χ3n) is 6.20. The topological polar surface area (TPSA) is 67.8 Å². The van der Waals surface area contributed by atoms with Crippen LogP contribution in [-0.2, 0) is 17.7 Å². The summed E-state index contributed by atoms with van der Waals surface area (Å²) in [5, 5.41) is 1.53. The first-order valence-electron chi connectivity index (χ1n) is 11.0. The highest BCUT2D eigenvalue weighted by Crippen LogP contribution is 2.37. The van der Waals surface area contributed by atoms with Crippen molar-refractivity contribution in [1.82, 2.24) is 4.90 Å². The van der Waals surface area contributed by atoms with Crippen molar-refractivity contribution in [2.75, 3.05) is 31.3 Å². The standard InChI is InChI=1S/C25H36N4O/c1-2-30-21-25(13-12-22-6-4-3-5-7-22)14-17-28(18-15-25)20-23-8-10-24(11-9-23)29(27)19-16-26/h3-11,16,19H,2,12-15,17-18,20-21,26-27H2,1H3/b19-16-. The molecule has 2 aromatic carbocycles. The molecule has 0 aliphatic carbocycles. The molecule has 0 radical (unpaired) electrons. The van der Waals surface area contributed by atoms with Crippen LogP contribution in [0, 0.1) is 5.41 Å². The molecule has 5 heteroatoms. The number of anilines is 1. The Kier molecular flexibility index (Phi) is 8.31. The first-order chi connectivity index (χ1) is 14.6. The van der Waals surface area contributed by atoms with Crippen molar-refractivity contribution in [3.05, 3.63) is 78.1 Å². The Morgan fingerprint density at radius 2 is 1.73 bits per heavy atom. The van der Waals surface area contributed by atoms with Gasteiger partial charge in [-0.05, 0) is 74.4 Å². The number of hydrogen-bond acceptors (Lipinski definition) is 5. The molecule has 1 heterocycles. The lowest BCUT2D eigenvalue weighted by Gasteiger charge is -2.42. The average molecular weight is 409 g/mol. The van der Waals surface area contributed by atoms with Crippen LogP contribution in [0.25, 0.3) is 0 Å². The average Bonchev–Trinajstić information content (AvgIpc) is 2.79. The third-order valence-corrected chi connectivity index (χ3v) is 6.20. The van der Waals surface area contributed by atoms with Crippen LogP contribution in [-0.4, -0.2) is 31.2 Å². The third kappa shape index (κ3) is 6.33. The summed E-state index contributed by atoms with van der Waals surface area (Å²) in [4.78, 5) is 2.56. The van der Waals surface area contributed by atoms with Gasteiger partial charge >= 0.3 is 0 Å². The van der Waals surface area contributed by atoms with E-state index in [0.717, 1.165) is 45.0 Å². The van der Waals surface area contributed by atoms with E-state index in [4.69, 9.17) is 16.3 Å². The largest absolute Gasteiger partial charge is 0.403 e. The van der Waals surface area contributed by atoms with Crippen LogP contribution in [0.2, 0.25) is 0 Å². The molecule has 0 atom stereocenters. The fourth-order valence-electron chi connectivity index (χ4n) is 4.24. The summed E-state index contributed by atoms with van der Waals surface area (Å²) in [6.07, 6.45) is 7.79. The number of piperidine rings is 1. The molecule has 162 valence electrons. The number of nitrogens with zero attached hydrogens (tertiary/aromatic N) is 2. The minimum atomic E-state index is 0.292. The van der Waals surface area contributed by atoms with E-state index in [-0.39, 0.29) is 0 Å². The summed E-state index contributed by atoms with van der Waals surface area (Å²) in [7, 11) is 0. The highest BCUT2D eigenvalue weighted by Gasteiger charge is 2.34. The van der Waals surface area contributed by atoms with Gasteiger partial charge in [-0.2, -0.15) is 0 Å². The molecule has 0 unspecified atom stereocenters. The Morgan fingerprint density at radius 1 is 1.03 bits per heavy atom. The van der Waals surface area contributed by atoms with E-state index >= 15 is 0 Å². The molecule has 5 nitrogen and oxygen atoms in total. The normalized spacial score (nSPS) is 16.7. The zero-order chi connectivity index (χ0) is 21.2. The Bertz CT molecular complexity index is 767. The Labute approximate surface area is 181 Å². The van der Waals surface area contributed by atoms with Gasteiger partial charge in [0.15, 0.2) is 0 Å². The van der Waals surface area contributed by atoms with Crippen molar-refractivity contribution in [2.45, 2.75) is 39.2 Å². The quantitative estimate of drug-likeness (QED) is 0.459. The fourth-order valence-corrected chi connectivity index (χ4v) is 4.24. The van der Waals surface area contributed by atoms with Crippen molar-refractivity contribution >= 4 is 5.69 Å². The first-order valence-corrected chi connectivity index (χ1v) is 11.0. The van der Waals surface area contributed by atoms with Gasteiger partial charge < -0.3 is 10.5 Å². The number of hydrazine groups is 1. The minimum absolute atomic E-state index is 0.292. The van der Waals surface area contributed by atoms with Gasteiger partial charge in [-0.1, -0.05) is 42.5 Å². The predicted octanol–water partition coefficient (Wildman–Crippen LogP) is 4.05. The van der Waals surface area contributed by atoms with Crippen molar-refractivity contribution in [3.63, 3.8) is 0 Å². The molecule has 3 rings (SSSR count). The minimum Gasteiger partial charge on any atom is -0.403 e. The number of hydrogen-bond donors (Lipinski definition) is 2. The van der Waals surface area contributed by atoms with E-state index < -0.39 is 0 Å². The Morgan fingerprint density at radius 3 is 2.37 bits per heavy atom. The van der Waals surface area contributed by atoms with Gasteiger partial charge in [-0.15, -0.1) is 0 Å². The zero-order valence-electron chi connectivity index (χ0n) is 18.2. The summed E-state index contributed by atoms with van der Waals surface area (Å²) in [6, 6.07) is 19.2. The van der Waals surface area contributed by atoms with Crippen LogP contribution in [0.1, 0.15) is 37.3 Å². The highest BCUT2D eigenvalue weighted by molar-refractivity contribution is 5.48. The van der Waals surface area contributed by atoms with E-state index in [1.54, 1.807) is 6.20 Å². The molecule has 30 heavy (non-hydrogen) atoms. The molecule has 1 aliphatic rings. The predicted molar refractivity (Wildman–Crippen MR) is 125 cm³/mol. The molecule has 1 aliphatic heterocycles. The number of benzene rings is 2. The molecule has 0 aromatic heterocycles. The molecule has 2 aromatic rings. The maximum absolute atomic E-state index is 5.92. The first kappa shape index (κ1) is 22.3. The van der Waals surface area contributed by atoms with Gasteiger partial charge in [0.25, 0.3) is 0 Å². The maximum Gasteiger partial charge on any atom is 0.0569 e. The second kappa shape index (κ2) is 11.2. The number of ether oxygens (including phenoxy) is 1. The summed E-state index contributed by atoms with van der Waals surface area (Å²) in [5.41, 5.74) is 9.36. The maximum atomic E-state index is 5.92. The highest BCUT2D eigenvalue weighted by atomic mass is 16.5. The van der Waals surface area contributed by atoms with Gasteiger partial charge in [0, 0.05) is 25.6 Å². The van der Waals surface area contributed by atoms with Crippen LogP contribution in [0.5, 0.6) is 0 Å². The van der Waals surface area contributed by atoms with E-state index in [1.165, 1.54) is 41.6 Å². The van der Waals surface area contributed by atoms with Gasteiger partial charge in [0.2, 0.25) is 0 Å². The van der Waals surface area contributed by atoms with Crippen molar-refractivity contribution in [1.29, 1.82) is 0 Å². The summed E-state index contributed by atoms with van der Waals surface area (Å²) in [5.74, 6) is 5.92. The molecule has 0 spiro atoms. The van der Waals surface area contributed by atoms with Gasteiger partial charge in [0.1, 0.15) is 0 Å². The van der Waals surface area contributed by atoms with Crippen LogP contribution in [0.15, 0.2) is 67.0 Å². The number of likely N-dealkylation sites (tertiary alicyclic amines) is 1. The lowest BCUT2D eigenvalue weighted by atomic mass is 9.74. The summed E-state index contributed by atoms with van der Waals surface area (Å²) < 4.78 is 5.92. The SMILES string of the molecule is CCOCC1(CCc2ccccc2)CCN(Cc2ccc(N(N)/C=C\N)cc2)CC1. The monoisotopic (exact) mass is 408 g/mol. The van der Waals surface area contributed by atoms with E-state index in [0.29, 0.717) is 5.41 Å². The van der Waals surface area contributed by atoms with Gasteiger partial charge in [-0.3, -0.25) is 9.91 Å². The summed E-state index contributed by atoms with van der Waals surface area (Å²) >= 11 is 0. The van der Waals surface area contributed by atoms with Crippen molar-refractivity contribution in [2.24, 2.45) is 17.0 Å². The Hall–Kier alpha value is -2.34. The second-order valence-corrected chi connectivity index (χ2v) is 8.31. The van der Waals surface area contributed by atoms with Crippen LogP contribution < -0.4 is 16.6 Å². The van der Waals surface area contributed by atoms with Crippen molar-refractivity contribution in [3.8, 4) is 0 Å². The molecular formula is C25H36N4O. The fraction of sp³-hybridized carbons (Fsp3) is 0.440. The van der Waals surface area contributed by atoms with Gasteiger partial charge in [-0.25, -0.2) is 5.84 Å². The lowest BCUT2D eigenvalue weighted by Crippen LogP contribution is -2.42. The molecule has 1 saturated heterocycles. The van der Waals surface area contributed by atoms with E-state index in [9.17, 15) is 0 Å². The Balaban J connectivity index is 1.55. The molecule has 1 fully saturated rings. The molecule has 0 bridgehead atoms. The second-order valence-electron chi connectivity index (χ2n) is 8.31. The van der Waals surface area contributed by atoms with E-state index in [1.807, 2.05) is 12.1 Å². The lowest BCUT2D eigenvalue weighted by molar-refractivity contribution is -0.00232. The molecule has 0 amide bonds. The van der Waals surface area contributed by atoms with Crippen LogP contribution in [0.4, 0.5) is 5.69 Å². The molecule has 4 N–H and O–H groups in total. The van der Waals surface area contributed by atoms with Crippen molar-refractivity contribution < 1.29 is 4.74 Å². The van der Waals surface area contributed by atoms with E-state index in [2.05, 4.69) is 54.3 Å². The number of nitrogens with two attached hydrogens (primary N) is 2.